The van der Waals surface area contributed by atoms with Crippen LogP contribution in [0, 0.1) is 27.6 Å². The van der Waals surface area contributed by atoms with Crippen LogP contribution in [-0.2, 0) is 11.4 Å². The fourth-order valence-electron chi connectivity index (χ4n) is 3.06. The second-order valence-electron chi connectivity index (χ2n) is 7.08. The van der Waals surface area contributed by atoms with Gasteiger partial charge in [-0.25, -0.2) is 4.39 Å². The number of carbonyl (C=O) groups is 1. The molecule has 0 atom stereocenters. The number of halogens is 2. The molecule has 0 unspecified atom stereocenters. The molecule has 0 heterocycles. The highest BCUT2D eigenvalue weighted by atomic mass is 127. The van der Waals surface area contributed by atoms with E-state index in [0.29, 0.717) is 30.3 Å². The van der Waals surface area contributed by atoms with Gasteiger partial charge in [0.1, 0.15) is 24.1 Å². The van der Waals surface area contributed by atoms with E-state index in [4.69, 9.17) is 9.47 Å². The first-order chi connectivity index (χ1) is 15.9. The molecule has 0 aliphatic carbocycles. The molecule has 0 saturated heterocycles. The van der Waals surface area contributed by atoms with Crippen LogP contribution < -0.4 is 14.8 Å². The summed E-state index contributed by atoms with van der Waals surface area (Å²) in [6.07, 6.45) is 1.44. The summed E-state index contributed by atoms with van der Waals surface area (Å²) in [5.74, 6) is -0.176. The van der Waals surface area contributed by atoms with Gasteiger partial charge in [0, 0.05) is 0 Å². The number of anilines is 1. The number of amides is 1. The predicted molar refractivity (Wildman–Crippen MR) is 134 cm³/mol. The molecule has 5 nitrogen and oxygen atoms in total. The smallest absolute Gasteiger partial charge is 0.266 e. The fourth-order valence-corrected chi connectivity index (χ4v) is 3.84. The SMILES string of the molecule is CCOc1cc(/C=C(/C#N)C(=O)Nc2ccccc2F)cc(I)c1OCc1ccccc1C. The largest absolute Gasteiger partial charge is 0.490 e. The topological polar surface area (TPSA) is 71.3 Å². The van der Waals surface area contributed by atoms with Crippen molar-refractivity contribution < 1.29 is 18.7 Å². The van der Waals surface area contributed by atoms with Crippen molar-refractivity contribution in [3.05, 3.63) is 92.3 Å². The molecule has 168 valence electrons. The monoisotopic (exact) mass is 556 g/mol. The van der Waals surface area contributed by atoms with Crippen LogP contribution in [0.1, 0.15) is 23.6 Å². The normalized spacial score (nSPS) is 10.9. The van der Waals surface area contributed by atoms with E-state index in [1.165, 1.54) is 24.3 Å². The van der Waals surface area contributed by atoms with E-state index in [1.807, 2.05) is 44.2 Å². The molecule has 1 N–H and O–H groups in total. The molecule has 3 rings (SSSR count). The van der Waals surface area contributed by atoms with E-state index in [1.54, 1.807) is 18.2 Å². The molecule has 0 fully saturated rings. The average molecular weight is 556 g/mol. The molecule has 0 aromatic heterocycles. The minimum atomic E-state index is -0.699. The van der Waals surface area contributed by atoms with Gasteiger partial charge in [0.2, 0.25) is 0 Å². The second kappa shape index (κ2) is 11.5. The Labute approximate surface area is 206 Å². The van der Waals surface area contributed by atoms with Crippen molar-refractivity contribution in [3.63, 3.8) is 0 Å². The van der Waals surface area contributed by atoms with Crippen molar-refractivity contribution in [3.8, 4) is 17.6 Å². The van der Waals surface area contributed by atoms with Crippen molar-refractivity contribution in [2.75, 3.05) is 11.9 Å². The fraction of sp³-hybridized carbons (Fsp3) is 0.154. The summed E-state index contributed by atoms with van der Waals surface area (Å²) >= 11 is 2.13. The molecule has 0 radical (unpaired) electrons. The van der Waals surface area contributed by atoms with Gasteiger partial charge in [0.25, 0.3) is 5.91 Å². The Bertz CT molecular complexity index is 1230. The Morgan fingerprint density at radius 2 is 1.88 bits per heavy atom. The molecule has 0 aliphatic heterocycles. The molecule has 1 amide bonds. The van der Waals surface area contributed by atoms with Crippen molar-refractivity contribution in [2.24, 2.45) is 0 Å². The Balaban J connectivity index is 1.87. The first-order valence-electron chi connectivity index (χ1n) is 10.2. The molecular formula is C26H22FIN2O3. The zero-order chi connectivity index (χ0) is 23.8. The van der Waals surface area contributed by atoms with Crippen molar-refractivity contribution >= 4 is 40.3 Å². The predicted octanol–water partition coefficient (Wildman–Crippen LogP) is 6.26. The highest BCUT2D eigenvalue weighted by Gasteiger charge is 2.16. The summed E-state index contributed by atoms with van der Waals surface area (Å²) in [7, 11) is 0. The Hall–Kier alpha value is -3.38. The zero-order valence-electron chi connectivity index (χ0n) is 18.2. The van der Waals surface area contributed by atoms with E-state index >= 15 is 0 Å². The lowest BCUT2D eigenvalue weighted by atomic mass is 10.1. The molecule has 33 heavy (non-hydrogen) atoms. The number of ether oxygens (including phenoxy) is 2. The second-order valence-corrected chi connectivity index (χ2v) is 8.24. The maximum absolute atomic E-state index is 13.9. The number of benzene rings is 3. The molecule has 3 aromatic rings. The lowest BCUT2D eigenvalue weighted by molar-refractivity contribution is -0.112. The van der Waals surface area contributed by atoms with Crippen LogP contribution in [0.15, 0.2) is 66.2 Å². The van der Waals surface area contributed by atoms with Crippen molar-refractivity contribution in [1.29, 1.82) is 5.26 Å². The molecule has 0 saturated carbocycles. The third-order valence-corrected chi connectivity index (χ3v) is 5.56. The Morgan fingerprint density at radius 3 is 2.58 bits per heavy atom. The third-order valence-electron chi connectivity index (χ3n) is 4.76. The molecular weight excluding hydrogens is 534 g/mol. The summed E-state index contributed by atoms with van der Waals surface area (Å²) in [5, 5.41) is 11.9. The maximum atomic E-state index is 13.9. The van der Waals surface area contributed by atoms with Crippen LogP contribution in [0.3, 0.4) is 0 Å². The van der Waals surface area contributed by atoms with Gasteiger partial charge >= 0.3 is 0 Å². The number of hydrogen-bond donors (Lipinski definition) is 1. The van der Waals surface area contributed by atoms with Gasteiger partial charge in [-0.1, -0.05) is 36.4 Å². The van der Waals surface area contributed by atoms with Gasteiger partial charge in [-0.15, -0.1) is 0 Å². The number of rotatable bonds is 8. The molecule has 3 aromatic carbocycles. The highest BCUT2D eigenvalue weighted by molar-refractivity contribution is 14.1. The van der Waals surface area contributed by atoms with Gasteiger partial charge in [-0.05, 0) is 83.5 Å². The molecule has 0 aliphatic rings. The molecule has 0 bridgehead atoms. The number of nitriles is 1. The third kappa shape index (κ3) is 6.33. The van der Waals surface area contributed by atoms with Gasteiger partial charge in [0.15, 0.2) is 11.5 Å². The van der Waals surface area contributed by atoms with Gasteiger partial charge in [-0.2, -0.15) is 5.26 Å². The van der Waals surface area contributed by atoms with Crippen LogP contribution in [0.5, 0.6) is 11.5 Å². The Kier molecular flexibility index (Phi) is 8.44. The van der Waals surface area contributed by atoms with Gasteiger partial charge in [0.05, 0.1) is 15.9 Å². The minimum absolute atomic E-state index is 0.00758. The summed E-state index contributed by atoms with van der Waals surface area (Å²) < 4.78 is 26.5. The first-order valence-corrected chi connectivity index (χ1v) is 11.3. The van der Waals surface area contributed by atoms with Crippen LogP contribution in [-0.4, -0.2) is 12.5 Å². The summed E-state index contributed by atoms with van der Waals surface area (Å²) in [5.41, 5.74) is 2.63. The van der Waals surface area contributed by atoms with Gasteiger partial charge < -0.3 is 14.8 Å². The van der Waals surface area contributed by atoms with Crippen LogP contribution in [0.4, 0.5) is 10.1 Å². The number of carbonyl (C=O) groups excluding carboxylic acids is 1. The van der Waals surface area contributed by atoms with Crippen molar-refractivity contribution in [2.45, 2.75) is 20.5 Å². The summed E-state index contributed by atoms with van der Waals surface area (Å²) in [6, 6.07) is 19.1. The number of para-hydroxylation sites is 1. The van der Waals surface area contributed by atoms with E-state index in [0.717, 1.165) is 14.7 Å². The van der Waals surface area contributed by atoms with E-state index in [-0.39, 0.29) is 11.3 Å². The lowest BCUT2D eigenvalue weighted by Crippen LogP contribution is -2.14. The van der Waals surface area contributed by atoms with E-state index in [2.05, 4.69) is 27.9 Å². The maximum Gasteiger partial charge on any atom is 0.266 e. The summed E-state index contributed by atoms with van der Waals surface area (Å²) in [4.78, 5) is 12.5. The van der Waals surface area contributed by atoms with Crippen molar-refractivity contribution in [1.82, 2.24) is 0 Å². The van der Waals surface area contributed by atoms with E-state index in [9.17, 15) is 14.4 Å². The Morgan fingerprint density at radius 1 is 1.15 bits per heavy atom. The number of nitrogens with one attached hydrogen (secondary N) is 1. The first kappa shape index (κ1) is 24.3. The molecule has 0 spiro atoms. The molecule has 7 heteroatoms. The van der Waals surface area contributed by atoms with Crippen LogP contribution in [0.25, 0.3) is 6.08 Å². The number of nitrogens with zero attached hydrogens (tertiary/aromatic N) is 1. The van der Waals surface area contributed by atoms with Crippen LogP contribution >= 0.6 is 22.6 Å². The highest BCUT2D eigenvalue weighted by Crippen LogP contribution is 2.35. The average Bonchev–Trinajstić information content (AvgIpc) is 2.79. The quantitative estimate of drug-likeness (QED) is 0.202. The van der Waals surface area contributed by atoms with Crippen LogP contribution in [0.2, 0.25) is 0 Å². The lowest BCUT2D eigenvalue weighted by Gasteiger charge is -2.16. The standard InChI is InChI=1S/C26H22FIN2O3/c1-3-32-24-14-18(12-20(15-29)26(31)30-23-11-7-6-10-21(23)27)13-22(28)25(24)33-16-19-9-5-4-8-17(19)2/h4-14H,3,16H2,1-2H3,(H,30,31)/b20-12-. The summed E-state index contributed by atoms with van der Waals surface area (Å²) in [6.45, 7) is 4.69. The zero-order valence-corrected chi connectivity index (χ0v) is 20.4. The van der Waals surface area contributed by atoms with Gasteiger partial charge in [-0.3, -0.25) is 4.79 Å². The minimum Gasteiger partial charge on any atom is -0.490 e. The van der Waals surface area contributed by atoms with E-state index < -0.39 is 11.7 Å². The number of aryl methyl sites for hydroxylation is 1. The number of hydrogen-bond acceptors (Lipinski definition) is 4.